The van der Waals surface area contributed by atoms with Crippen LogP contribution in [0.5, 0.6) is 17.2 Å². The van der Waals surface area contributed by atoms with Gasteiger partial charge in [-0.25, -0.2) is 9.59 Å². The zero-order valence-electron chi connectivity index (χ0n) is 42.9. The van der Waals surface area contributed by atoms with Crippen LogP contribution in [0.15, 0.2) is 133 Å². The second-order valence-electron chi connectivity index (χ2n) is 17.7. The standard InChI is InChI=1S/C56H61N3O18/c1-66-37-48(77-56(61)74-32-40-15-19-42(20-16-40)35-76-59(64)65)38-72-53-30-57(55(60)73-31-39-13-17-41(18-14-39)34-75-58(62)63)29-52(71-33-43-27-45-9-4-6-11-49(45)51(28-43)68-3)54(53)44-21-23-47(24-22-44)70-26-8-25-69-36-46-10-5-7-12-50(46)67-2/h4-7,9-24,27-28,48,52-54H,8,25-26,29-38H2,1-3H3. The number of piperidine rings is 1. The molecule has 0 saturated carbocycles. The molecular formula is C56H61N3O18. The summed E-state index contributed by atoms with van der Waals surface area (Å²) in [5.74, 6) is 1.55. The Labute approximate surface area is 444 Å². The predicted octanol–water partition coefficient (Wildman–Crippen LogP) is 9.33. The number of hydrogen-bond donors (Lipinski definition) is 0. The molecule has 21 nitrogen and oxygen atoms in total. The third-order valence-electron chi connectivity index (χ3n) is 12.4. The number of rotatable bonds is 29. The predicted molar refractivity (Wildman–Crippen MR) is 276 cm³/mol. The van der Waals surface area contributed by atoms with E-state index in [4.69, 9.17) is 47.4 Å². The van der Waals surface area contributed by atoms with Crippen molar-refractivity contribution in [3.05, 3.63) is 193 Å². The van der Waals surface area contributed by atoms with Gasteiger partial charge in [0.25, 0.3) is 10.2 Å². The Balaban J connectivity index is 1.09. The van der Waals surface area contributed by atoms with Gasteiger partial charge in [0.1, 0.15) is 43.7 Å². The van der Waals surface area contributed by atoms with Crippen LogP contribution in [0, 0.1) is 20.2 Å². The van der Waals surface area contributed by atoms with Crippen LogP contribution in [0.1, 0.15) is 51.3 Å². The number of methoxy groups -OCH3 is 3. The van der Waals surface area contributed by atoms with Crippen molar-refractivity contribution in [1.82, 2.24) is 4.90 Å². The van der Waals surface area contributed by atoms with Crippen molar-refractivity contribution in [1.29, 1.82) is 0 Å². The molecule has 1 aliphatic rings. The summed E-state index contributed by atoms with van der Waals surface area (Å²) in [6, 6.07) is 40.3. The second-order valence-corrected chi connectivity index (χ2v) is 17.7. The lowest BCUT2D eigenvalue weighted by molar-refractivity contribution is -0.763. The molecule has 0 aliphatic carbocycles. The van der Waals surface area contributed by atoms with Crippen LogP contribution in [-0.2, 0) is 82.5 Å². The van der Waals surface area contributed by atoms with Crippen LogP contribution in [0.4, 0.5) is 9.59 Å². The molecule has 7 rings (SSSR count). The van der Waals surface area contributed by atoms with Crippen molar-refractivity contribution in [3.63, 3.8) is 0 Å². The first-order valence-electron chi connectivity index (χ1n) is 24.6. The van der Waals surface area contributed by atoms with E-state index in [0.717, 1.165) is 33.2 Å². The Morgan fingerprint density at radius 1 is 0.610 bits per heavy atom. The molecule has 1 heterocycles. The van der Waals surface area contributed by atoms with E-state index in [1.54, 1.807) is 62.8 Å². The molecule has 1 fully saturated rings. The maximum absolute atomic E-state index is 14.1. The number of benzene rings is 6. The quantitative estimate of drug-likeness (QED) is 0.0184. The largest absolute Gasteiger partial charge is 0.509 e. The van der Waals surface area contributed by atoms with Gasteiger partial charge in [-0.3, -0.25) is 0 Å². The minimum Gasteiger partial charge on any atom is -0.496 e. The van der Waals surface area contributed by atoms with Crippen LogP contribution < -0.4 is 14.2 Å². The summed E-state index contributed by atoms with van der Waals surface area (Å²) >= 11 is 0. The fourth-order valence-electron chi connectivity index (χ4n) is 8.60. The minimum atomic E-state index is -0.995. The molecule has 77 heavy (non-hydrogen) atoms. The van der Waals surface area contributed by atoms with E-state index >= 15 is 0 Å². The number of likely N-dealkylation sites (tertiary alicyclic amines) is 1. The molecule has 21 heteroatoms. The number of ether oxygens (including phenoxy) is 10. The van der Waals surface area contributed by atoms with Gasteiger partial charge >= 0.3 is 12.2 Å². The number of amides is 1. The normalized spacial score (nSPS) is 15.5. The third-order valence-corrected chi connectivity index (χ3v) is 12.4. The first-order chi connectivity index (χ1) is 37.5. The maximum Gasteiger partial charge on any atom is 0.509 e. The second kappa shape index (κ2) is 29.2. The number of hydrogen-bond acceptors (Lipinski definition) is 18. The molecule has 1 saturated heterocycles. The molecule has 0 spiro atoms. The van der Waals surface area contributed by atoms with Crippen LogP contribution in [0.2, 0.25) is 0 Å². The van der Waals surface area contributed by atoms with Gasteiger partial charge in [-0.1, -0.05) is 103 Å². The number of carbonyl (C=O) groups is 2. The van der Waals surface area contributed by atoms with Crippen LogP contribution in [-0.4, -0.2) is 106 Å². The highest BCUT2D eigenvalue weighted by molar-refractivity contribution is 5.89. The van der Waals surface area contributed by atoms with Crippen molar-refractivity contribution in [2.45, 2.75) is 70.3 Å². The average molecular weight is 1060 g/mol. The molecular weight excluding hydrogens is 1000 g/mol. The number of fused-ring (bicyclic) bond motifs is 1. The lowest BCUT2D eigenvalue weighted by atomic mass is 9.84. The molecule has 6 aromatic rings. The lowest BCUT2D eigenvalue weighted by Gasteiger charge is -2.43. The molecule has 4 unspecified atom stereocenters. The summed E-state index contributed by atoms with van der Waals surface area (Å²) in [6.45, 7) is 0.551. The Bertz CT molecular complexity index is 2830. The Kier molecular flexibility index (Phi) is 21.4. The van der Waals surface area contributed by atoms with Crippen molar-refractivity contribution in [3.8, 4) is 17.2 Å². The third kappa shape index (κ3) is 17.4. The molecule has 0 bridgehead atoms. The summed E-state index contributed by atoms with van der Waals surface area (Å²) < 4.78 is 59.2. The Morgan fingerprint density at radius 2 is 1.21 bits per heavy atom. The van der Waals surface area contributed by atoms with Gasteiger partial charge in [0.05, 0.1) is 79.2 Å². The minimum absolute atomic E-state index is 0.0320. The topological polar surface area (TPSA) is 234 Å². The first kappa shape index (κ1) is 56.5. The zero-order valence-corrected chi connectivity index (χ0v) is 42.9. The van der Waals surface area contributed by atoms with E-state index in [1.807, 2.05) is 84.9 Å². The highest BCUT2D eigenvalue weighted by atomic mass is 17.0. The highest BCUT2D eigenvalue weighted by Gasteiger charge is 2.42. The van der Waals surface area contributed by atoms with Crippen LogP contribution >= 0.6 is 0 Å². The van der Waals surface area contributed by atoms with Gasteiger partial charge in [-0.2, -0.15) is 0 Å². The molecule has 1 aliphatic heterocycles. The molecule has 0 aromatic heterocycles. The van der Waals surface area contributed by atoms with Gasteiger partial charge in [-0.15, -0.1) is 20.2 Å². The molecule has 408 valence electrons. The smallest absolute Gasteiger partial charge is 0.496 e. The zero-order chi connectivity index (χ0) is 54.4. The Hall–Kier alpha value is -8.24. The van der Waals surface area contributed by atoms with E-state index in [9.17, 15) is 29.8 Å². The van der Waals surface area contributed by atoms with Crippen LogP contribution in [0.25, 0.3) is 10.8 Å². The summed E-state index contributed by atoms with van der Waals surface area (Å²) in [6.07, 6.45) is -3.45. The van der Waals surface area contributed by atoms with Crippen molar-refractivity contribution < 1.29 is 76.8 Å². The summed E-state index contributed by atoms with van der Waals surface area (Å²) in [4.78, 5) is 59.0. The summed E-state index contributed by atoms with van der Waals surface area (Å²) in [5.41, 5.74) is 4.94. The van der Waals surface area contributed by atoms with Gasteiger partial charge in [0.15, 0.2) is 6.10 Å². The lowest BCUT2D eigenvalue weighted by Crippen LogP contribution is -2.55. The van der Waals surface area contributed by atoms with Crippen molar-refractivity contribution in [2.24, 2.45) is 0 Å². The number of para-hydroxylation sites is 1. The van der Waals surface area contributed by atoms with Gasteiger partial charge in [-0.05, 0) is 69.1 Å². The summed E-state index contributed by atoms with van der Waals surface area (Å²) in [5, 5.41) is 21.5. The molecule has 1 amide bonds. The molecule has 0 N–H and O–H groups in total. The first-order valence-corrected chi connectivity index (χ1v) is 24.6. The molecule has 6 aromatic carbocycles. The van der Waals surface area contributed by atoms with E-state index < -0.39 is 46.7 Å². The van der Waals surface area contributed by atoms with Crippen LogP contribution in [0.3, 0.4) is 0 Å². The van der Waals surface area contributed by atoms with E-state index in [2.05, 4.69) is 9.68 Å². The van der Waals surface area contributed by atoms with E-state index in [-0.39, 0.29) is 59.3 Å². The van der Waals surface area contributed by atoms with Gasteiger partial charge in [0, 0.05) is 30.4 Å². The van der Waals surface area contributed by atoms with Gasteiger partial charge in [0.2, 0.25) is 0 Å². The average Bonchev–Trinajstić information content (AvgIpc) is 3.46. The maximum atomic E-state index is 14.1. The van der Waals surface area contributed by atoms with Crippen molar-refractivity contribution >= 4 is 23.0 Å². The number of nitrogens with zero attached hydrogens (tertiary/aromatic N) is 3. The fourth-order valence-corrected chi connectivity index (χ4v) is 8.60. The van der Waals surface area contributed by atoms with Crippen molar-refractivity contribution in [2.75, 3.05) is 60.8 Å². The van der Waals surface area contributed by atoms with E-state index in [1.165, 1.54) is 12.0 Å². The monoisotopic (exact) mass is 1060 g/mol. The SMILES string of the molecule is COCC(COC1CN(C(=O)OCc2ccc(CO[N+](=O)[O-])cc2)CC(OCc2cc(OC)c3ccccc3c2)C1c1ccc(OCCCOCc2ccccc2OC)cc1)OC(=O)OCc1ccc(CO[N+](=O)[O-])cc1. The fraction of sp³-hybridized carbons (Fsp3) is 0.357. The molecule has 4 atom stereocenters. The Morgan fingerprint density at radius 3 is 1.84 bits per heavy atom. The van der Waals surface area contributed by atoms with Gasteiger partial charge < -0.3 is 61.9 Å². The highest BCUT2D eigenvalue weighted by Crippen LogP contribution is 2.36. The summed E-state index contributed by atoms with van der Waals surface area (Å²) in [7, 11) is 4.69. The number of carbonyl (C=O) groups excluding carboxylic acids is 2. The molecule has 0 radical (unpaired) electrons. The van der Waals surface area contributed by atoms with E-state index in [0.29, 0.717) is 60.0 Å².